The summed E-state index contributed by atoms with van der Waals surface area (Å²) in [6, 6.07) is 4.45. The summed E-state index contributed by atoms with van der Waals surface area (Å²) in [5.41, 5.74) is 4.97. The van der Waals surface area contributed by atoms with Crippen LogP contribution in [0.15, 0.2) is 22.7 Å². The molecule has 2 heterocycles. The number of furan rings is 1. The van der Waals surface area contributed by atoms with E-state index in [1.54, 1.807) is 0 Å². The average molecular weight is 262 g/mol. The van der Waals surface area contributed by atoms with Crippen molar-refractivity contribution in [2.75, 3.05) is 0 Å². The van der Waals surface area contributed by atoms with Crippen LogP contribution in [0, 0.1) is 13.8 Å². The maximum atomic E-state index is 5.67. The molecule has 1 atom stereocenters. The molecule has 19 heavy (non-hydrogen) atoms. The summed E-state index contributed by atoms with van der Waals surface area (Å²) in [4.78, 5) is 0. The summed E-state index contributed by atoms with van der Waals surface area (Å²) in [6.45, 7) is 8.12. The van der Waals surface area contributed by atoms with Crippen LogP contribution in [0.2, 0.25) is 0 Å². The molecule has 0 aliphatic rings. The second-order valence-electron chi connectivity index (χ2n) is 5.17. The number of nitrogens with two attached hydrogens (primary N) is 1. The minimum Gasteiger partial charge on any atom is -0.466 e. The lowest BCUT2D eigenvalue weighted by Crippen LogP contribution is -2.29. The Balaban J connectivity index is 2.16. The third-order valence-corrected chi connectivity index (χ3v) is 3.26. The third kappa shape index (κ3) is 3.05. The number of hydrazine groups is 1. The molecule has 0 saturated heterocycles. The van der Waals surface area contributed by atoms with Gasteiger partial charge in [-0.15, -0.1) is 0 Å². The lowest BCUT2D eigenvalue weighted by Gasteiger charge is -2.13. The highest BCUT2D eigenvalue weighted by Gasteiger charge is 2.17. The van der Waals surface area contributed by atoms with E-state index >= 15 is 0 Å². The molecule has 5 heteroatoms. The quantitative estimate of drug-likeness (QED) is 0.641. The van der Waals surface area contributed by atoms with Crippen molar-refractivity contribution < 1.29 is 4.42 Å². The Morgan fingerprint density at radius 1 is 1.42 bits per heavy atom. The summed E-state index contributed by atoms with van der Waals surface area (Å²) in [7, 11) is 0. The fourth-order valence-corrected chi connectivity index (χ4v) is 2.24. The van der Waals surface area contributed by atoms with Gasteiger partial charge >= 0.3 is 0 Å². The number of rotatable bonds is 5. The van der Waals surface area contributed by atoms with Gasteiger partial charge in [0.25, 0.3) is 0 Å². The van der Waals surface area contributed by atoms with Crippen molar-refractivity contribution in [2.45, 2.75) is 46.2 Å². The van der Waals surface area contributed by atoms with Gasteiger partial charge in [0.1, 0.15) is 11.5 Å². The van der Waals surface area contributed by atoms with Crippen LogP contribution in [0.1, 0.15) is 48.7 Å². The van der Waals surface area contributed by atoms with Gasteiger partial charge in [0.15, 0.2) is 0 Å². The number of aryl methyl sites for hydroxylation is 2. The monoisotopic (exact) mass is 262 g/mol. The topological polar surface area (TPSA) is 69.0 Å². The van der Waals surface area contributed by atoms with Crippen LogP contribution < -0.4 is 11.3 Å². The molecule has 104 valence electrons. The Bertz CT molecular complexity index is 541. The van der Waals surface area contributed by atoms with Crippen LogP contribution in [0.25, 0.3) is 0 Å². The predicted octanol–water partition coefficient (Wildman–Crippen LogP) is 2.42. The molecule has 5 nitrogen and oxygen atoms in total. The second-order valence-corrected chi connectivity index (χ2v) is 5.17. The zero-order valence-corrected chi connectivity index (χ0v) is 12.0. The van der Waals surface area contributed by atoms with Crippen molar-refractivity contribution in [3.63, 3.8) is 0 Å². The van der Waals surface area contributed by atoms with Gasteiger partial charge in [0.2, 0.25) is 0 Å². The minimum atomic E-state index is 0.0213. The molecular weight excluding hydrogens is 240 g/mol. The largest absolute Gasteiger partial charge is 0.466 e. The highest BCUT2D eigenvalue weighted by Crippen LogP contribution is 2.24. The van der Waals surface area contributed by atoms with E-state index in [0.717, 1.165) is 29.2 Å². The Morgan fingerprint density at radius 3 is 2.63 bits per heavy atom. The molecule has 1 unspecified atom stereocenters. The van der Waals surface area contributed by atoms with Crippen LogP contribution in [0.5, 0.6) is 0 Å². The molecule has 2 rings (SSSR count). The van der Waals surface area contributed by atoms with Gasteiger partial charge in [0.05, 0.1) is 11.7 Å². The first kappa shape index (κ1) is 13.8. The first-order valence-electron chi connectivity index (χ1n) is 6.58. The summed E-state index contributed by atoms with van der Waals surface area (Å²) in [5, 5.41) is 4.55. The molecule has 0 fully saturated rings. The van der Waals surface area contributed by atoms with Gasteiger partial charge in [-0.3, -0.25) is 16.0 Å². The van der Waals surface area contributed by atoms with Crippen molar-refractivity contribution in [3.05, 3.63) is 41.1 Å². The van der Waals surface area contributed by atoms with Gasteiger partial charge in [-0.1, -0.05) is 0 Å². The lowest BCUT2D eigenvalue weighted by atomic mass is 10.0. The van der Waals surface area contributed by atoms with Crippen LogP contribution in [-0.2, 0) is 6.42 Å². The van der Waals surface area contributed by atoms with Crippen molar-refractivity contribution in [1.29, 1.82) is 0 Å². The van der Waals surface area contributed by atoms with E-state index in [1.807, 2.05) is 36.9 Å². The van der Waals surface area contributed by atoms with Crippen LogP contribution in [0.3, 0.4) is 0 Å². The fraction of sp³-hybridized carbons (Fsp3) is 0.500. The van der Waals surface area contributed by atoms with E-state index in [0.29, 0.717) is 6.04 Å². The van der Waals surface area contributed by atoms with E-state index in [9.17, 15) is 0 Å². The maximum absolute atomic E-state index is 5.67. The zero-order valence-electron chi connectivity index (χ0n) is 12.0. The smallest absolute Gasteiger partial charge is 0.105 e. The molecule has 0 aliphatic carbocycles. The van der Waals surface area contributed by atoms with Crippen LogP contribution >= 0.6 is 0 Å². The first-order chi connectivity index (χ1) is 9.01. The molecule has 2 aromatic rings. The van der Waals surface area contributed by atoms with Gasteiger partial charge in [0, 0.05) is 24.2 Å². The number of hydrogen-bond acceptors (Lipinski definition) is 4. The molecule has 3 N–H and O–H groups in total. The first-order valence-corrected chi connectivity index (χ1v) is 6.58. The highest BCUT2D eigenvalue weighted by atomic mass is 16.3. The molecule has 0 saturated carbocycles. The van der Waals surface area contributed by atoms with E-state index in [2.05, 4.69) is 24.4 Å². The number of hydrogen-bond donors (Lipinski definition) is 2. The normalized spacial score (nSPS) is 13.2. The molecule has 0 aliphatic heterocycles. The molecule has 0 bridgehead atoms. The molecular formula is C14H22N4O. The van der Waals surface area contributed by atoms with E-state index in [4.69, 9.17) is 10.3 Å². The highest BCUT2D eigenvalue weighted by molar-refractivity contribution is 5.25. The van der Waals surface area contributed by atoms with Crippen molar-refractivity contribution >= 4 is 0 Å². The lowest BCUT2D eigenvalue weighted by molar-refractivity contribution is 0.479. The summed E-state index contributed by atoms with van der Waals surface area (Å²) in [5.74, 6) is 7.48. The van der Waals surface area contributed by atoms with Gasteiger partial charge < -0.3 is 4.42 Å². The number of aromatic nitrogens is 2. The van der Waals surface area contributed by atoms with Crippen LogP contribution in [0.4, 0.5) is 0 Å². The van der Waals surface area contributed by atoms with Gasteiger partial charge in [-0.05, 0) is 39.8 Å². The Labute approximate surface area is 113 Å². The standard InChI is InChI=1S/C14H22N4O/c1-9(2)18-6-5-12(17-18)8-14(16-15)13-7-10(3)19-11(13)4/h5-7,9,14,16H,8,15H2,1-4H3. The molecule has 0 amide bonds. The van der Waals surface area contributed by atoms with Gasteiger partial charge in [-0.2, -0.15) is 5.10 Å². The molecule has 2 aromatic heterocycles. The van der Waals surface area contributed by atoms with E-state index in [1.165, 1.54) is 0 Å². The SMILES string of the molecule is Cc1cc(C(Cc2ccn(C(C)C)n2)NN)c(C)o1. The predicted molar refractivity (Wildman–Crippen MR) is 74.6 cm³/mol. The minimum absolute atomic E-state index is 0.0213. The second kappa shape index (κ2) is 5.59. The number of nitrogens with one attached hydrogen (secondary N) is 1. The Morgan fingerprint density at radius 2 is 2.16 bits per heavy atom. The van der Waals surface area contributed by atoms with Crippen molar-refractivity contribution in [1.82, 2.24) is 15.2 Å². The van der Waals surface area contributed by atoms with Crippen molar-refractivity contribution in [3.8, 4) is 0 Å². The number of nitrogens with zero attached hydrogens (tertiary/aromatic N) is 2. The maximum Gasteiger partial charge on any atom is 0.105 e. The Hall–Kier alpha value is -1.59. The summed E-state index contributed by atoms with van der Waals surface area (Å²) >= 11 is 0. The third-order valence-electron chi connectivity index (χ3n) is 3.26. The summed E-state index contributed by atoms with van der Waals surface area (Å²) in [6.07, 6.45) is 2.75. The van der Waals surface area contributed by atoms with E-state index < -0.39 is 0 Å². The summed E-state index contributed by atoms with van der Waals surface area (Å²) < 4.78 is 7.51. The van der Waals surface area contributed by atoms with Crippen molar-refractivity contribution in [2.24, 2.45) is 5.84 Å². The average Bonchev–Trinajstić information content (AvgIpc) is 2.93. The van der Waals surface area contributed by atoms with E-state index in [-0.39, 0.29) is 6.04 Å². The Kier molecular flexibility index (Phi) is 4.07. The van der Waals surface area contributed by atoms with Crippen LogP contribution in [-0.4, -0.2) is 9.78 Å². The molecule has 0 spiro atoms. The zero-order chi connectivity index (χ0) is 14.0. The van der Waals surface area contributed by atoms with Gasteiger partial charge in [-0.25, -0.2) is 0 Å². The molecule has 0 aromatic carbocycles. The fourth-order valence-electron chi connectivity index (χ4n) is 2.24. The molecule has 0 radical (unpaired) electrons.